The first-order valence-corrected chi connectivity index (χ1v) is 2.97. The Morgan fingerprint density at radius 2 is 2.40 bits per heavy atom. The molecular weight excluding hydrogens is 157 g/mol. The molecule has 0 aliphatic heterocycles. The van der Waals surface area contributed by atoms with Gasteiger partial charge in [0, 0.05) is 6.07 Å². The zero-order valence-corrected chi connectivity index (χ0v) is 6.02. The van der Waals surface area contributed by atoms with E-state index in [-0.39, 0.29) is 5.02 Å². The number of hydrogen-bond donors (Lipinski definition) is 0. The number of ether oxygens (including phenoxy) is 1. The van der Waals surface area contributed by atoms with Crippen molar-refractivity contribution in [3.05, 3.63) is 23.1 Å². The second-order valence-corrected chi connectivity index (χ2v) is 2.05. The summed E-state index contributed by atoms with van der Waals surface area (Å²) in [4.78, 5) is 3.58. The van der Waals surface area contributed by atoms with Gasteiger partial charge in [-0.25, -0.2) is 9.37 Å². The minimum absolute atomic E-state index is 0.0202. The highest BCUT2D eigenvalue weighted by Crippen LogP contribution is 2.17. The molecule has 0 fully saturated rings. The largest absolute Gasteiger partial charge is 0.481 e. The van der Waals surface area contributed by atoms with Gasteiger partial charge < -0.3 is 4.74 Å². The standard InChI is InChI=1S/C6H5ClFNO/c1-10-6-2-4(7)5(8)3-9-6/h2-3H,1H3. The normalized spacial score (nSPS) is 9.50. The van der Waals surface area contributed by atoms with Crippen molar-refractivity contribution in [2.24, 2.45) is 0 Å². The van der Waals surface area contributed by atoms with E-state index in [9.17, 15) is 4.39 Å². The minimum atomic E-state index is -0.539. The third-order valence-electron chi connectivity index (χ3n) is 0.993. The van der Waals surface area contributed by atoms with E-state index in [1.54, 1.807) is 0 Å². The molecule has 0 aliphatic rings. The fourth-order valence-electron chi connectivity index (χ4n) is 0.508. The summed E-state index contributed by atoms with van der Waals surface area (Å²) in [6.45, 7) is 0. The van der Waals surface area contributed by atoms with Gasteiger partial charge in [-0.2, -0.15) is 0 Å². The Bertz CT molecular complexity index is 241. The maximum absolute atomic E-state index is 12.4. The van der Waals surface area contributed by atoms with Gasteiger partial charge in [0.25, 0.3) is 0 Å². The zero-order chi connectivity index (χ0) is 7.56. The van der Waals surface area contributed by atoms with Gasteiger partial charge in [-0.1, -0.05) is 11.6 Å². The minimum Gasteiger partial charge on any atom is -0.481 e. The molecule has 0 bridgehead atoms. The van der Waals surface area contributed by atoms with Crippen LogP contribution in [0.1, 0.15) is 0 Å². The molecule has 0 amide bonds. The van der Waals surface area contributed by atoms with Gasteiger partial charge in [0.15, 0.2) is 5.82 Å². The van der Waals surface area contributed by atoms with Crippen molar-refractivity contribution in [1.29, 1.82) is 0 Å². The summed E-state index contributed by atoms with van der Waals surface area (Å²) in [5, 5.41) is 0.0202. The summed E-state index contributed by atoms with van der Waals surface area (Å²) in [6, 6.07) is 1.32. The number of halogens is 2. The Morgan fingerprint density at radius 1 is 1.70 bits per heavy atom. The second kappa shape index (κ2) is 2.84. The maximum atomic E-state index is 12.4. The first kappa shape index (κ1) is 7.28. The topological polar surface area (TPSA) is 22.1 Å². The van der Waals surface area contributed by atoms with Gasteiger partial charge >= 0.3 is 0 Å². The molecule has 0 unspecified atom stereocenters. The van der Waals surface area contributed by atoms with E-state index in [0.717, 1.165) is 6.20 Å². The molecule has 0 spiro atoms. The molecule has 1 aromatic heterocycles. The van der Waals surface area contributed by atoms with Crippen LogP contribution >= 0.6 is 11.6 Å². The van der Waals surface area contributed by atoms with Gasteiger partial charge in [-0.3, -0.25) is 0 Å². The van der Waals surface area contributed by atoms with Crippen molar-refractivity contribution in [2.45, 2.75) is 0 Å². The van der Waals surface area contributed by atoms with Crippen molar-refractivity contribution in [3.8, 4) is 5.88 Å². The van der Waals surface area contributed by atoms with Crippen LogP contribution < -0.4 is 4.74 Å². The molecule has 0 aliphatic carbocycles. The van der Waals surface area contributed by atoms with E-state index in [2.05, 4.69) is 9.72 Å². The lowest BCUT2D eigenvalue weighted by Gasteiger charge is -1.97. The number of nitrogens with zero attached hydrogens (tertiary/aromatic N) is 1. The van der Waals surface area contributed by atoms with Gasteiger partial charge in [0.1, 0.15) is 0 Å². The van der Waals surface area contributed by atoms with Crippen LogP contribution in [0.2, 0.25) is 5.02 Å². The van der Waals surface area contributed by atoms with Crippen LogP contribution in [0.15, 0.2) is 12.3 Å². The van der Waals surface area contributed by atoms with Crippen LogP contribution in [0.25, 0.3) is 0 Å². The SMILES string of the molecule is COc1cc(Cl)c(F)cn1. The summed E-state index contributed by atoms with van der Waals surface area (Å²) in [7, 11) is 1.44. The predicted molar refractivity (Wildman–Crippen MR) is 35.8 cm³/mol. The monoisotopic (exact) mass is 161 g/mol. The van der Waals surface area contributed by atoms with E-state index >= 15 is 0 Å². The van der Waals surface area contributed by atoms with Crippen LogP contribution in [0.5, 0.6) is 5.88 Å². The van der Waals surface area contributed by atoms with E-state index in [1.165, 1.54) is 13.2 Å². The molecule has 10 heavy (non-hydrogen) atoms. The quantitative estimate of drug-likeness (QED) is 0.628. The highest BCUT2D eigenvalue weighted by Gasteiger charge is 2.00. The Kier molecular flexibility index (Phi) is 2.06. The Labute approximate surface area is 62.6 Å². The van der Waals surface area contributed by atoms with Crippen LogP contribution in [0, 0.1) is 5.82 Å². The van der Waals surface area contributed by atoms with E-state index in [4.69, 9.17) is 11.6 Å². The van der Waals surface area contributed by atoms with Crippen molar-refractivity contribution in [1.82, 2.24) is 4.98 Å². The van der Waals surface area contributed by atoms with Crippen molar-refractivity contribution in [3.63, 3.8) is 0 Å². The molecule has 4 heteroatoms. The number of methoxy groups -OCH3 is 1. The van der Waals surface area contributed by atoms with Crippen molar-refractivity contribution >= 4 is 11.6 Å². The van der Waals surface area contributed by atoms with Crippen molar-refractivity contribution < 1.29 is 9.13 Å². The maximum Gasteiger partial charge on any atom is 0.214 e. The molecule has 1 heterocycles. The highest BCUT2D eigenvalue weighted by atomic mass is 35.5. The van der Waals surface area contributed by atoms with Crippen LogP contribution in [-0.4, -0.2) is 12.1 Å². The Balaban J connectivity index is 3.04. The molecule has 0 saturated carbocycles. The molecule has 0 N–H and O–H groups in total. The lowest BCUT2D eigenvalue weighted by molar-refractivity contribution is 0.396. The lowest BCUT2D eigenvalue weighted by atomic mass is 10.5. The molecule has 0 aromatic carbocycles. The Hall–Kier alpha value is -0.830. The summed E-state index contributed by atoms with van der Waals surface area (Å²) in [6.07, 6.45) is 1.02. The zero-order valence-electron chi connectivity index (χ0n) is 5.27. The molecule has 54 valence electrons. The fourth-order valence-corrected chi connectivity index (χ4v) is 0.650. The van der Waals surface area contributed by atoms with Crippen LogP contribution in [0.3, 0.4) is 0 Å². The van der Waals surface area contributed by atoms with Gasteiger partial charge in [0.05, 0.1) is 18.3 Å². The molecule has 1 rings (SSSR count). The Morgan fingerprint density at radius 3 is 2.90 bits per heavy atom. The molecule has 0 radical (unpaired) electrons. The fraction of sp³-hybridized carbons (Fsp3) is 0.167. The van der Waals surface area contributed by atoms with Gasteiger partial charge in [0.2, 0.25) is 5.88 Å². The molecule has 0 saturated heterocycles. The average molecular weight is 162 g/mol. The summed E-state index contributed by atoms with van der Waals surface area (Å²) in [5.41, 5.74) is 0. The number of rotatable bonds is 1. The highest BCUT2D eigenvalue weighted by molar-refractivity contribution is 6.30. The third-order valence-corrected chi connectivity index (χ3v) is 1.28. The summed E-state index contributed by atoms with van der Waals surface area (Å²) < 4.78 is 17.1. The molecule has 0 atom stereocenters. The predicted octanol–water partition coefficient (Wildman–Crippen LogP) is 1.88. The smallest absolute Gasteiger partial charge is 0.214 e. The van der Waals surface area contributed by atoms with E-state index < -0.39 is 5.82 Å². The summed E-state index contributed by atoms with van der Waals surface area (Å²) in [5.74, 6) is -0.228. The molecule has 2 nitrogen and oxygen atoms in total. The summed E-state index contributed by atoms with van der Waals surface area (Å²) >= 11 is 5.40. The molecular formula is C6H5ClFNO. The van der Waals surface area contributed by atoms with E-state index in [0.29, 0.717) is 5.88 Å². The number of pyridine rings is 1. The third kappa shape index (κ3) is 1.36. The van der Waals surface area contributed by atoms with Crippen molar-refractivity contribution in [2.75, 3.05) is 7.11 Å². The average Bonchev–Trinajstić information content (AvgIpc) is 1.95. The first-order valence-electron chi connectivity index (χ1n) is 2.59. The number of hydrogen-bond acceptors (Lipinski definition) is 2. The second-order valence-electron chi connectivity index (χ2n) is 1.64. The lowest BCUT2D eigenvalue weighted by Crippen LogP contribution is -1.87. The van der Waals surface area contributed by atoms with E-state index in [1.807, 2.05) is 0 Å². The molecule has 1 aromatic rings. The van der Waals surface area contributed by atoms with Gasteiger partial charge in [-0.05, 0) is 0 Å². The van der Waals surface area contributed by atoms with Crippen LogP contribution in [0.4, 0.5) is 4.39 Å². The van der Waals surface area contributed by atoms with Crippen LogP contribution in [-0.2, 0) is 0 Å². The van der Waals surface area contributed by atoms with Gasteiger partial charge in [-0.15, -0.1) is 0 Å². The first-order chi connectivity index (χ1) is 4.74. The number of aromatic nitrogens is 1.